The lowest BCUT2D eigenvalue weighted by atomic mass is 10.2. The Kier molecular flexibility index (Phi) is 6.38. The van der Waals surface area contributed by atoms with Crippen LogP contribution in [-0.4, -0.2) is 40.2 Å². The lowest BCUT2D eigenvalue weighted by Gasteiger charge is -2.11. The summed E-state index contributed by atoms with van der Waals surface area (Å²) in [5.74, 6) is -0.687. The largest absolute Gasteiger partial charge is 0.482 e. The summed E-state index contributed by atoms with van der Waals surface area (Å²) >= 11 is 7.21. The summed E-state index contributed by atoms with van der Waals surface area (Å²) in [6.45, 7) is 2.01. The van der Waals surface area contributed by atoms with Gasteiger partial charge in [-0.05, 0) is 66.7 Å². The molecule has 0 atom stereocenters. The predicted molar refractivity (Wildman–Crippen MR) is 111 cm³/mol. The molecule has 1 N–H and O–H groups in total. The maximum atomic E-state index is 12.7. The maximum Gasteiger partial charge on any atom is 0.341 e. The minimum Gasteiger partial charge on any atom is -0.482 e. The van der Waals surface area contributed by atoms with Gasteiger partial charge in [-0.3, -0.25) is 9.69 Å². The van der Waals surface area contributed by atoms with Gasteiger partial charge in [-0.1, -0.05) is 23.7 Å². The number of nitrogens with zero attached hydrogens (tertiary/aromatic N) is 2. The molecular weight excluding hydrogens is 400 g/mol. The molecule has 1 fully saturated rings. The number of carboxylic acid groups (broad SMARTS) is 1. The average molecular weight is 417 g/mol. The number of likely N-dealkylation sites (N-methyl/N-ethyl adjacent to an activating group) is 1. The standard InChI is InChI=1S/C20H17ClN2O4S/c1-2-23-19(26)17(28-20(23)22-15-7-5-14(21)6-8-15)11-13-3-9-16(10-4-13)27-12-18(24)25/h3-11H,2,12H2,1H3,(H,24,25)/b17-11+,22-20?. The van der Waals surface area contributed by atoms with E-state index in [0.29, 0.717) is 27.4 Å². The van der Waals surface area contributed by atoms with Crippen molar-refractivity contribution in [3.63, 3.8) is 0 Å². The van der Waals surface area contributed by atoms with Crippen LogP contribution in [0.3, 0.4) is 0 Å². The molecule has 0 radical (unpaired) electrons. The topological polar surface area (TPSA) is 79.2 Å². The number of carbonyl (C=O) groups is 2. The second-order valence-corrected chi connectivity index (χ2v) is 7.23. The maximum absolute atomic E-state index is 12.7. The minimum absolute atomic E-state index is 0.105. The summed E-state index contributed by atoms with van der Waals surface area (Å²) in [6, 6.07) is 14.0. The van der Waals surface area contributed by atoms with Crippen molar-refractivity contribution in [2.45, 2.75) is 6.92 Å². The monoisotopic (exact) mass is 416 g/mol. The van der Waals surface area contributed by atoms with E-state index >= 15 is 0 Å². The first-order valence-electron chi connectivity index (χ1n) is 8.46. The molecule has 1 aliphatic rings. The molecule has 0 bridgehead atoms. The third-order valence-electron chi connectivity index (χ3n) is 3.80. The highest BCUT2D eigenvalue weighted by Gasteiger charge is 2.32. The number of halogens is 1. The predicted octanol–water partition coefficient (Wildman–Crippen LogP) is 4.43. The molecule has 1 amide bonds. The fourth-order valence-corrected chi connectivity index (χ4v) is 3.64. The Labute approximate surface area is 171 Å². The van der Waals surface area contributed by atoms with Crippen molar-refractivity contribution in [1.82, 2.24) is 4.90 Å². The Hall–Kier alpha value is -2.77. The first kappa shape index (κ1) is 20.0. The zero-order valence-electron chi connectivity index (χ0n) is 15.0. The highest BCUT2D eigenvalue weighted by atomic mass is 35.5. The molecule has 0 aliphatic carbocycles. The summed E-state index contributed by atoms with van der Waals surface area (Å²) < 4.78 is 5.11. The van der Waals surface area contributed by atoms with Crippen molar-refractivity contribution in [2.24, 2.45) is 4.99 Å². The van der Waals surface area contributed by atoms with Gasteiger partial charge in [0.1, 0.15) is 5.75 Å². The number of rotatable bonds is 6. The number of carboxylic acids is 1. The van der Waals surface area contributed by atoms with Crippen LogP contribution in [0.5, 0.6) is 5.75 Å². The number of aliphatic carboxylic acids is 1. The Morgan fingerprint density at radius 1 is 1.21 bits per heavy atom. The molecule has 0 unspecified atom stereocenters. The van der Waals surface area contributed by atoms with E-state index in [1.54, 1.807) is 59.5 Å². The van der Waals surface area contributed by atoms with E-state index in [4.69, 9.17) is 21.4 Å². The smallest absolute Gasteiger partial charge is 0.341 e. The molecule has 0 saturated carbocycles. The molecule has 144 valence electrons. The van der Waals surface area contributed by atoms with Crippen molar-refractivity contribution in [3.05, 3.63) is 64.0 Å². The number of aliphatic imine (C=N–C) groups is 1. The number of hydrogen-bond acceptors (Lipinski definition) is 5. The van der Waals surface area contributed by atoms with Crippen LogP contribution in [0.1, 0.15) is 12.5 Å². The Balaban J connectivity index is 1.79. The Bertz CT molecular complexity index is 940. The molecule has 8 heteroatoms. The lowest BCUT2D eigenvalue weighted by molar-refractivity contribution is -0.139. The number of amidine groups is 1. The third-order valence-corrected chi connectivity index (χ3v) is 5.05. The van der Waals surface area contributed by atoms with Gasteiger partial charge in [0.2, 0.25) is 0 Å². The molecule has 3 rings (SSSR count). The second kappa shape index (κ2) is 8.95. The summed E-state index contributed by atoms with van der Waals surface area (Å²) in [7, 11) is 0. The van der Waals surface area contributed by atoms with Gasteiger partial charge < -0.3 is 9.84 Å². The zero-order chi connectivity index (χ0) is 20.1. The first-order valence-corrected chi connectivity index (χ1v) is 9.66. The van der Waals surface area contributed by atoms with Crippen LogP contribution < -0.4 is 4.74 Å². The molecule has 1 saturated heterocycles. The third kappa shape index (κ3) is 4.94. The molecule has 1 heterocycles. The molecule has 1 aliphatic heterocycles. The number of amides is 1. The number of hydrogen-bond donors (Lipinski definition) is 1. The fourth-order valence-electron chi connectivity index (χ4n) is 2.45. The SMILES string of the molecule is CCN1C(=O)/C(=C\c2ccc(OCC(=O)O)cc2)SC1=Nc1ccc(Cl)cc1. The molecule has 28 heavy (non-hydrogen) atoms. The number of ether oxygens (including phenoxy) is 1. The lowest BCUT2D eigenvalue weighted by Crippen LogP contribution is -2.28. The average Bonchev–Trinajstić information content (AvgIpc) is 2.97. The highest BCUT2D eigenvalue weighted by molar-refractivity contribution is 8.18. The van der Waals surface area contributed by atoms with Crippen LogP contribution in [0.2, 0.25) is 5.02 Å². The van der Waals surface area contributed by atoms with Gasteiger partial charge in [0, 0.05) is 11.6 Å². The van der Waals surface area contributed by atoms with Crippen LogP contribution >= 0.6 is 23.4 Å². The zero-order valence-corrected chi connectivity index (χ0v) is 16.5. The fraction of sp³-hybridized carbons (Fsp3) is 0.150. The van der Waals surface area contributed by atoms with Crippen molar-refractivity contribution in [3.8, 4) is 5.75 Å². The van der Waals surface area contributed by atoms with Crippen LogP contribution in [0.25, 0.3) is 6.08 Å². The van der Waals surface area contributed by atoms with Crippen LogP contribution in [0.4, 0.5) is 5.69 Å². The van der Waals surface area contributed by atoms with Crippen molar-refractivity contribution in [2.75, 3.05) is 13.2 Å². The minimum atomic E-state index is -1.04. The van der Waals surface area contributed by atoms with Crippen molar-refractivity contribution >= 4 is 52.2 Å². The Morgan fingerprint density at radius 3 is 2.50 bits per heavy atom. The van der Waals surface area contributed by atoms with Gasteiger partial charge in [0.15, 0.2) is 11.8 Å². The summed E-state index contributed by atoms with van der Waals surface area (Å²) in [5, 5.41) is 9.88. The van der Waals surface area contributed by atoms with E-state index < -0.39 is 12.6 Å². The number of benzene rings is 2. The number of carbonyl (C=O) groups excluding carboxylic acids is 1. The second-order valence-electron chi connectivity index (χ2n) is 5.78. The van der Waals surface area contributed by atoms with Gasteiger partial charge in [-0.2, -0.15) is 0 Å². The van der Waals surface area contributed by atoms with Gasteiger partial charge in [0.05, 0.1) is 10.6 Å². The molecule has 2 aromatic carbocycles. The van der Waals surface area contributed by atoms with Crippen LogP contribution in [-0.2, 0) is 9.59 Å². The normalized spacial score (nSPS) is 16.8. The molecular formula is C20H17ClN2O4S. The summed E-state index contributed by atoms with van der Waals surface area (Å²) in [5.41, 5.74) is 1.53. The molecule has 2 aromatic rings. The van der Waals surface area contributed by atoms with Crippen LogP contribution in [0, 0.1) is 0 Å². The highest BCUT2D eigenvalue weighted by Crippen LogP contribution is 2.34. The van der Waals surface area contributed by atoms with Gasteiger partial charge in [-0.25, -0.2) is 9.79 Å². The van der Waals surface area contributed by atoms with Gasteiger partial charge in [-0.15, -0.1) is 0 Å². The van der Waals surface area contributed by atoms with Gasteiger partial charge in [0.25, 0.3) is 5.91 Å². The summed E-state index contributed by atoms with van der Waals surface area (Å²) in [4.78, 5) is 30.0. The molecule has 0 spiro atoms. The van der Waals surface area contributed by atoms with E-state index in [1.807, 2.05) is 6.92 Å². The Morgan fingerprint density at radius 2 is 1.89 bits per heavy atom. The molecule has 6 nitrogen and oxygen atoms in total. The van der Waals surface area contributed by atoms with E-state index in [9.17, 15) is 9.59 Å². The van der Waals surface area contributed by atoms with Crippen molar-refractivity contribution < 1.29 is 19.4 Å². The number of thioether (sulfide) groups is 1. The van der Waals surface area contributed by atoms with E-state index in [2.05, 4.69) is 4.99 Å². The van der Waals surface area contributed by atoms with E-state index in [-0.39, 0.29) is 5.91 Å². The van der Waals surface area contributed by atoms with Crippen LogP contribution in [0.15, 0.2) is 58.4 Å². The molecule has 0 aromatic heterocycles. The quantitative estimate of drug-likeness (QED) is 0.705. The summed E-state index contributed by atoms with van der Waals surface area (Å²) in [6.07, 6.45) is 1.78. The van der Waals surface area contributed by atoms with E-state index in [0.717, 1.165) is 11.3 Å². The van der Waals surface area contributed by atoms with Crippen molar-refractivity contribution in [1.29, 1.82) is 0 Å². The van der Waals surface area contributed by atoms with E-state index in [1.165, 1.54) is 11.8 Å². The first-order chi connectivity index (χ1) is 13.5. The van der Waals surface area contributed by atoms with Gasteiger partial charge >= 0.3 is 5.97 Å².